The van der Waals surface area contributed by atoms with Gasteiger partial charge in [-0.3, -0.25) is 4.99 Å². The van der Waals surface area contributed by atoms with Crippen molar-refractivity contribution in [3.63, 3.8) is 0 Å². The number of nitrogens with one attached hydrogen (secondary N) is 2. The predicted octanol–water partition coefficient (Wildman–Crippen LogP) is 1.61. The lowest BCUT2D eigenvalue weighted by Gasteiger charge is -2.27. The average molecular weight is 366 g/mol. The van der Waals surface area contributed by atoms with Gasteiger partial charge in [-0.1, -0.05) is 12.1 Å². The van der Waals surface area contributed by atoms with Gasteiger partial charge >= 0.3 is 0 Å². The average Bonchev–Trinajstić information content (AvgIpc) is 3.10. The summed E-state index contributed by atoms with van der Waals surface area (Å²) in [6.45, 7) is 3.79. The number of halogens is 1. The molecule has 0 spiro atoms. The number of aliphatic hydroxyl groups excluding tert-OH is 1. The zero-order valence-electron chi connectivity index (χ0n) is 15.8. The minimum atomic E-state index is -0.201. The van der Waals surface area contributed by atoms with E-state index in [-0.39, 0.29) is 17.8 Å². The number of benzene rings is 1. The van der Waals surface area contributed by atoms with Gasteiger partial charge in [-0.2, -0.15) is 0 Å². The maximum absolute atomic E-state index is 13.8. The molecule has 146 valence electrons. The third-order valence-corrected chi connectivity index (χ3v) is 4.91. The molecular weight excluding hydrogens is 335 g/mol. The molecule has 1 heterocycles. The van der Waals surface area contributed by atoms with Crippen LogP contribution < -0.4 is 15.5 Å². The van der Waals surface area contributed by atoms with E-state index >= 15 is 0 Å². The Kier molecular flexibility index (Phi) is 8.12. The van der Waals surface area contributed by atoms with Gasteiger partial charge < -0.3 is 25.4 Å². The summed E-state index contributed by atoms with van der Waals surface area (Å²) in [5.41, 5.74) is 0.597. The number of para-hydroxylation sites is 1. The molecule has 1 unspecified atom stereocenters. The van der Waals surface area contributed by atoms with Gasteiger partial charge in [-0.05, 0) is 31.4 Å². The Morgan fingerprint density at radius 2 is 2.19 bits per heavy atom. The van der Waals surface area contributed by atoms with Gasteiger partial charge in [0.05, 0.1) is 12.3 Å². The lowest BCUT2D eigenvalue weighted by molar-refractivity contribution is 0.127. The van der Waals surface area contributed by atoms with Crippen LogP contribution in [-0.2, 0) is 4.74 Å². The second-order valence-electron chi connectivity index (χ2n) is 6.86. The number of nitrogens with zero attached hydrogens (tertiary/aromatic N) is 2. The number of anilines is 1. The molecule has 0 aromatic heterocycles. The fourth-order valence-electron chi connectivity index (χ4n) is 3.21. The minimum absolute atomic E-state index is 0.0164. The van der Waals surface area contributed by atoms with Crippen LogP contribution in [0.2, 0.25) is 0 Å². The standard InChI is InChI=1S/C19H31FN4O2/c1-21-18(23-14-19(8-12-25)9-13-26-15-19)22-10-5-11-24(2)17-7-4-3-6-16(17)20/h3-4,6-7,25H,5,8-15H2,1-2H3,(H2,21,22,23). The van der Waals surface area contributed by atoms with Gasteiger partial charge in [0.1, 0.15) is 5.82 Å². The van der Waals surface area contributed by atoms with Gasteiger partial charge in [0.2, 0.25) is 0 Å². The van der Waals surface area contributed by atoms with E-state index in [0.717, 1.165) is 51.5 Å². The van der Waals surface area contributed by atoms with E-state index in [2.05, 4.69) is 15.6 Å². The van der Waals surface area contributed by atoms with E-state index in [1.54, 1.807) is 19.2 Å². The van der Waals surface area contributed by atoms with E-state index in [1.807, 2.05) is 18.0 Å². The third kappa shape index (κ3) is 5.85. The molecule has 0 saturated carbocycles. The molecule has 1 atom stereocenters. The SMILES string of the molecule is CN=C(NCCCN(C)c1ccccc1F)NCC1(CCO)CCOC1. The highest BCUT2D eigenvalue weighted by Gasteiger charge is 2.34. The molecule has 3 N–H and O–H groups in total. The quantitative estimate of drug-likeness (QED) is 0.352. The van der Waals surface area contributed by atoms with Crippen LogP contribution in [0.15, 0.2) is 29.3 Å². The van der Waals surface area contributed by atoms with Crippen LogP contribution in [0.4, 0.5) is 10.1 Å². The van der Waals surface area contributed by atoms with Crippen molar-refractivity contribution in [2.75, 3.05) is 58.5 Å². The van der Waals surface area contributed by atoms with Gasteiger partial charge in [0.15, 0.2) is 5.96 Å². The fraction of sp³-hybridized carbons (Fsp3) is 0.632. The molecule has 1 aliphatic heterocycles. The first-order valence-electron chi connectivity index (χ1n) is 9.19. The second-order valence-corrected chi connectivity index (χ2v) is 6.86. The molecule has 7 heteroatoms. The van der Waals surface area contributed by atoms with Crippen LogP contribution in [-0.4, -0.2) is 64.6 Å². The Morgan fingerprint density at radius 1 is 1.38 bits per heavy atom. The van der Waals surface area contributed by atoms with E-state index in [9.17, 15) is 9.50 Å². The maximum Gasteiger partial charge on any atom is 0.190 e. The number of aliphatic hydroxyl groups is 1. The molecule has 2 rings (SSSR count). The first kappa shape index (κ1) is 20.5. The molecule has 26 heavy (non-hydrogen) atoms. The van der Waals surface area contributed by atoms with Crippen LogP contribution in [0, 0.1) is 11.2 Å². The lowest BCUT2D eigenvalue weighted by atomic mass is 9.84. The summed E-state index contributed by atoms with van der Waals surface area (Å²) in [5.74, 6) is 0.538. The largest absolute Gasteiger partial charge is 0.396 e. The van der Waals surface area contributed by atoms with Crippen molar-refractivity contribution >= 4 is 11.6 Å². The zero-order chi connectivity index (χ0) is 18.8. The normalized spacial score (nSPS) is 20.2. The summed E-state index contributed by atoms with van der Waals surface area (Å²) in [4.78, 5) is 6.16. The molecule has 1 saturated heterocycles. The van der Waals surface area contributed by atoms with Gasteiger partial charge in [-0.25, -0.2) is 4.39 Å². The number of hydrogen-bond donors (Lipinski definition) is 3. The number of ether oxygens (including phenoxy) is 1. The Bertz CT molecular complexity index is 576. The molecule has 0 bridgehead atoms. The van der Waals surface area contributed by atoms with Crippen molar-refractivity contribution in [1.82, 2.24) is 10.6 Å². The van der Waals surface area contributed by atoms with Crippen molar-refractivity contribution in [2.24, 2.45) is 10.4 Å². The Hall–Kier alpha value is -1.86. The maximum atomic E-state index is 13.8. The highest BCUT2D eigenvalue weighted by Crippen LogP contribution is 2.31. The molecule has 1 aromatic rings. The van der Waals surface area contributed by atoms with Gasteiger partial charge in [0.25, 0.3) is 0 Å². The third-order valence-electron chi connectivity index (χ3n) is 4.91. The Labute approximate surface area is 155 Å². The highest BCUT2D eigenvalue weighted by molar-refractivity contribution is 5.79. The zero-order valence-corrected chi connectivity index (χ0v) is 15.8. The number of rotatable bonds is 9. The monoisotopic (exact) mass is 366 g/mol. The van der Waals surface area contributed by atoms with Crippen molar-refractivity contribution < 1.29 is 14.2 Å². The van der Waals surface area contributed by atoms with Gasteiger partial charge in [0, 0.05) is 52.4 Å². The summed E-state index contributed by atoms with van der Waals surface area (Å²) >= 11 is 0. The molecule has 1 aromatic carbocycles. The molecular formula is C19H31FN4O2. The van der Waals surface area contributed by atoms with E-state index in [0.29, 0.717) is 12.3 Å². The first-order valence-corrected chi connectivity index (χ1v) is 9.19. The van der Waals surface area contributed by atoms with Crippen LogP contribution in [0.25, 0.3) is 0 Å². The van der Waals surface area contributed by atoms with E-state index in [4.69, 9.17) is 4.74 Å². The van der Waals surface area contributed by atoms with Crippen LogP contribution in [0.1, 0.15) is 19.3 Å². The summed E-state index contributed by atoms with van der Waals surface area (Å²) in [6, 6.07) is 6.80. The topological polar surface area (TPSA) is 69.1 Å². The summed E-state index contributed by atoms with van der Waals surface area (Å²) in [6.07, 6.45) is 2.53. The first-order chi connectivity index (χ1) is 12.6. The predicted molar refractivity (Wildman–Crippen MR) is 103 cm³/mol. The van der Waals surface area contributed by atoms with E-state index in [1.165, 1.54) is 6.07 Å². The number of aliphatic imine (C=N–C) groups is 1. The van der Waals surface area contributed by atoms with Gasteiger partial charge in [-0.15, -0.1) is 0 Å². The second kappa shape index (κ2) is 10.3. The minimum Gasteiger partial charge on any atom is -0.396 e. The van der Waals surface area contributed by atoms with Crippen molar-refractivity contribution in [3.8, 4) is 0 Å². The number of guanidine groups is 1. The molecule has 6 nitrogen and oxygen atoms in total. The fourth-order valence-corrected chi connectivity index (χ4v) is 3.21. The van der Waals surface area contributed by atoms with Crippen molar-refractivity contribution in [3.05, 3.63) is 30.1 Å². The molecule has 1 fully saturated rings. The summed E-state index contributed by atoms with van der Waals surface area (Å²) < 4.78 is 19.3. The van der Waals surface area contributed by atoms with Crippen LogP contribution >= 0.6 is 0 Å². The van der Waals surface area contributed by atoms with Crippen LogP contribution in [0.5, 0.6) is 0 Å². The Morgan fingerprint density at radius 3 is 2.85 bits per heavy atom. The molecule has 1 aliphatic rings. The number of hydrogen-bond acceptors (Lipinski definition) is 4. The summed E-state index contributed by atoms with van der Waals surface area (Å²) in [7, 11) is 3.63. The van der Waals surface area contributed by atoms with Crippen molar-refractivity contribution in [2.45, 2.75) is 19.3 Å². The summed E-state index contributed by atoms with van der Waals surface area (Å²) in [5, 5.41) is 15.9. The molecule has 0 aliphatic carbocycles. The lowest BCUT2D eigenvalue weighted by Crippen LogP contribution is -2.45. The van der Waals surface area contributed by atoms with Crippen LogP contribution in [0.3, 0.4) is 0 Å². The Balaban J connectivity index is 1.71. The molecule has 0 amide bonds. The molecule has 0 radical (unpaired) electrons. The van der Waals surface area contributed by atoms with Crippen molar-refractivity contribution in [1.29, 1.82) is 0 Å². The smallest absolute Gasteiger partial charge is 0.190 e. The van der Waals surface area contributed by atoms with E-state index < -0.39 is 0 Å². The highest BCUT2D eigenvalue weighted by atomic mass is 19.1.